The summed E-state index contributed by atoms with van der Waals surface area (Å²) in [6, 6.07) is 17.9. The molecule has 11 heteroatoms. The molecule has 4 rings (SSSR count). The van der Waals surface area contributed by atoms with Crippen molar-refractivity contribution in [3.63, 3.8) is 0 Å². The molecule has 0 bridgehead atoms. The second-order valence-electron chi connectivity index (χ2n) is 7.45. The van der Waals surface area contributed by atoms with Crippen LogP contribution in [0, 0.1) is 21.4 Å². The third kappa shape index (κ3) is 4.83. The van der Waals surface area contributed by atoms with Gasteiger partial charge in [-0.3, -0.25) is 14.9 Å². The number of aromatic amines is 1. The van der Waals surface area contributed by atoms with E-state index in [0.29, 0.717) is 21.3 Å². The molecule has 1 heterocycles. The molecule has 0 saturated carbocycles. The zero-order valence-corrected chi connectivity index (χ0v) is 19.0. The summed E-state index contributed by atoms with van der Waals surface area (Å²) in [4.78, 5) is 38.8. The highest BCUT2D eigenvalue weighted by Crippen LogP contribution is 2.39. The molecular weight excluding hydrogens is 466 g/mol. The number of fused-ring (bicyclic) bond motifs is 1. The van der Waals surface area contributed by atoms with E-state index in [-0.39, 0.29) is 35.7 Å². The van der Waals surface area contributed by atoms with Gasteiger partial charge in [0.2, 0.25) is 5.75 Å². The first-order valence-corrected chi connectivity index (χ1v) is 10.8. The van der Waals surface area contributed by atoms with Gasteiger partial charge >= 0.3 is 11.4 Å². The summed E-state index contributed by atoms with van der Waals surface area (Å²) >= 11 is 0. The van der Waals surface area contributed by atoms with E-state index in [9.17, 15) is 25.0 Å². The minimum atomic E-state index is -0.759. The third-order valence-electron chi connectivity index (χ3n) is 5.17. The molecule has 0 saturated heterocycles. The Morgan fingerprint density at radius 2 is 1.89 bits per heavy atom. The van der Waals surface area contributed by atoms with Crippen LogP contribution in [0.5, 0.6) is 11.5 Å². The first kappa shape index (κ1) is 23.9. The molecule has 0 unspecified atom stereocenters. The van der Waals surface area contributed by atoms with Crippen LogP contribution in [0.1, 0.15) is 23.6 Å². The number of ether oxygens (including phenoxy) is 2. The van der Waals surface area contributed by atoms with E-state index in [1.165, 1.54) is 12.1 Å². The monoisotopic (exact) mass is 485 g/mol. The van der Waals surface area contributed by atoms with E-state index < -0.39 is 21.9 Å². The second-order valence-corrected chi connectivity index (χ2v) is 7.45. The molecule has 0 amide bonds. The van der Waals surface area contributed by atoms with Gasteiger partial charge in [-0.05, 0) is 31.2 Å². The first-order chi connectivity index (χ1) is 17.4. The lowest BCUT2D eigenvalue weighted by Crippen LogP contribution is -2.32. The van der Waals surface area contributed by atoms with Gasteiger partial charge in [-0.25, -0.2) is 4.79 Å². The molecule has 180 valence electrons. The lowest BCUT2D eigenvalue weighted by Gasteiger charge is -2.13. The summed E-state index contributed by atoms with van der Waals surface area (Å²) in [5, 5.41) is 25.4. The van der Waals surface area contributed by atoms with Crippen molar-refractivity contribution < 1.29 is 14.4 Å². The van der Waals surface area contributed by atoms with Crippen molar-refractivity contribution in [2.45, 2.75) is 13.5 Å². The molecule has 1 N–H and O–H groups in total. The number of nitriles is 1. The Morgan fingerprint density at radius 3 is 2.64 bits per heavy atom. The highest BCUT2D eigenvalue weighted by atomic mass is 16.6. The molecule has 0 spiro atoms. The summed E-state index contributed by atoms with van der Waals surface area (Å²) in [7, 11) is 0. The molecule has 0 aliphatic rings. The van der Waals surface area contributed by atoms with Crippen molar-refractivity contribution in [1.82, 2.24) is 9.66 Å². The van der Waals surface area contributed by atoms with Crippen LogP contribution in [0.15, 0.2) is 75.4 Å². The second kappa shape index (κ2) is 10.4. The lowest BCUT2D eigenvalue weighted by atomic mass is 10.1. The van der Waals surface area contributed by atoms with Gasteiger partial charge < -0.3 is 14.5 Å². The average Bonchev–Trinajstić information content (AvgIpc) is 2.88. The molecule has 0 atom stereocenters. The van der Waals surface area contributed by atoms with Gasteiger partial charge in [0.05, 0.1) is 40.3 Å². The maximum atomic E-state index is 12.7. The molecule has 0 fully saturated rings. The van der Waals surface area contributed by atoms with Crippen molar-refractivity contribution in [2.75, 3.05) is 6.61 Å². The first-order valence-electron chi connectivity index (χ1n) is 10.8. The summed E-state index contributed by atoms with van der Waals surface area (Å²) in [6.45, 7) is 1.79. The molecule has 0 aliphatic carbocycles. The molecule has 4 aromatic rings. The predicted molar refractivity (Wildman–Crippen MR) is 132 cm³/mol. The highest BCUT2D eigenvalue weighted by Gasteiger charge is 2.23. The Balaban J connectivity index is 1.74. The Bertz CT molecular complexity index is 1650. The zero-order valence-electron chi connectivity index (χ0n) is 19.0. The molecule has 3 aromatic carbocycles. The summed E-state index contributed by atoms with van der Waals surface area (Å²) in [6.07, 6.45) is 1.15. The van der Waals surface area contributed by atoms with Gasteiger partial charge in [0.15, 0.2) is 5.75 Å². The van der Waals surface area contributed by atoms with Crippen molar-refractivity contribution in [2.24, 2.45) is 5.10 Å². The Kier molecular flexibility index (Phi) is 6.87. The number of rotatable bonds is 8. The summed E-state index contributed by atoms with van der Waals surface area (Å²) in [5.41, 5.74) is -0.296. The number of benzene rings is 3. The quantitative estimate of drug-likeness (QED) is 0.228. The molecule has 0 radical (unpaired) electrons. The van der Waals surface area contributed by atoms with Gasteiger partial charge in [-0.1, -0.05) is 30.3 Å². The van der Waals surface area contributed by atoms with Crippen molar-refractivity contribution in [3.05, 3.63) is 108 Å². The topological polar surface area (TPSA) is 153 Å². The van der Waals surface area contributed by atoms with Crippen LogP contribution in [0.4, 0.5) is 5.69 Å². The number of nitrogens with one attached hydrogen (secondary N) is 1. The fourth-order valence-electron chi connectivity index (χ4n) is 3.51. The maximum Gasteiger partial charge on any atom is 0.349 e. The van der Waals surface area contributed by atoms with Crippen LogP contribution >= 0.6 is 0 Å². The fourth-order valence-corrected chi connectivity index (χ4v) is 3.51. The van der Waals surface area contributed by atoms with Crippen LogP contribution in [0.2, 0.25) is 0 Å². The van der Waals surface area contributed by atoms with Crippen LogP contribution < -0.4 is 20.7 Å². The van der Waals surface area contributed by atoms with E-state index in [4.69, 9.17) is 9.47 Å². The number of nitrogens with zero attached hydrogens (tertiary/aromatic N) is 4. The standard InChI is InChI=1S/C25H19N5O6/c1-2-35-22-12-16(14-27-29-24(31)19-9-5-6-10-20(19)28-25(29)32)11-21(30(33)34)23(22)36-15-18-8-4-3-7-17(18)13-26/h3-12,14H,2,15H2,1H3,(H,28,32). The van der Waals surface area contributed by atoms with Crippen LogP contribution in [0.3, 0.4) is 0 Å². The highest BCUT2D eigenvalue weighted by molar-refractivity contribution is 5.83. The smallest absolute Gasteiger partial charge is 0.349 e. The molecule has 1 aromatic heterocycles. The van der Waals surface area contributed by atoms with E-state index in [2.05, 4.69) is 16.2 Å². The van der Waals surface area contributed by atoms with Gasteiger partial charge in [0.25, 0.3) is 5.56 Å². The van der Waals surface area contributed by atoms with Crippen molar-refractivity contribution >= 4 is 22.8 Å². The van der Waals surface area contributed by atoms with Crippen LogP contribution in [-0.4, -0.2) is 27.4 Å². The average molecular weight is 485 g/mol. The Labute approximate surface area is 203 Å². The van der Waals surface area contributed by atoms with Gasteiger partial charge in [-0.2, -0.15) is 10.4 Å². The SMILES string of the molecule is CCOc1cc(C=Nn2c(=O)[nH]c3ccccc3c2=O)cc([N+](=O)[O-])c1OCc1ccccc1C#N. The van der Waals surface area contributed by atoms with E-state index in [1.807, 2.05) is 0 Å². The predicted octanol–water partition coefficient (Wildman–Crippen LogP) is 3.33. The Morgan fingerprint density at radius 1 is 1.14 bits per heavy atom. The number of hydrogen-bond acceptors (Lipinski definition) is 8. The number of para-hydroxylation sites is 1. The largest absolute Gasteiger partial charge is 0.490 e. The normalized spacial score (nSPS) is 10.9. The van der Waals surface area contributed by atoms with Gasteiger partial charge in [-0.15, -0.1) is 4.68 Å². The molecule has 11 nitrogen and oxygen atoms in total. The van der Waals surface area contributed by atoms with Crippen molar-refractivity contribution in [3.8, 4) is 17.6 Å². The van der Waals surface area contributed by atoms with E-state index in [0.717, 1.165) is 6.21 Å². The Hall–Kier alpha value is -5.24. The van der Waals surface area contributed by atoms with Gasteiger partial charge in [0, 0.05) is 17.2 Å². The minimum Gasteiger partial charge on any atom is -0.490 e. The number of H-pyrrole nitrogens is 1. The molecular formula is C25H19N5O6. The van der Waals surface area contributed by atoms with E-state index in [1.54, 1.807) is 55.5 Å². The van der Waals surface area contributed by atoms with Crippen LogP contribution in [0.25, 0.3) is 10.9 Å². The van der Waals surface area contributed by atoms with E-state index >= 15 is 0 Å². The third-order valence-corrected chi connectivity index (χ3v) is 5.17. The summed E-state index contributed by atoms with van der Waals surface area (Å²) < 4.78 is 12.0. The maximum absolute atomic E-state index is 12.7. The molecule has 36 heavy (non-hydrogen) atoms. The summed E-state index contributed by atoms with van der Waals surface area (Å²) in [5.74, 6) is -0.0465. The number of nitro benzene ring substituents is 1. The van der Waals surface area contributed by atoms with Gasteiger partial charge in [0.1, 0.15) is 6.61 Å². The number of nitro groups is 1. The minimum absolute atomic E-state index is 0.0716. The zero-order chi connectivity index (χ0) is 25.7. The number of hydrogen-bond donors (Lipinski definition) is 1. The lowest BCUT2D eigenvalue weighted by molar-refractivity contribution is -0.386. The fraction of sp³-hybridized carbons (Fsp3) is 0.120. The number of aromatic nitrogens is 2. The molecule has 0 aliphatic heterocycles. The van der Waals surface area contributed by atoms with Crippen molar-refractivity contribution in [1.29, 1.82) is 5.26 Å². The van der Waals surface area contributed by atoms with Crippen LogP contribution in [-0.2, 0) is 6.61 Å².